The Morgan fingerprint density at radius 2 is 2.43 bits per heavy atom. The summed E-state index contributed by atoms with van der Waals surface area (Å²) in [7, 11) is 0. The van der Waals surface area contributed by atoms with Gasteiger partial charge < -0.3 is 10.7 Å². The molecule has 1 unspecified atom stereocenters. The van der Waals surface area contributed by atoms with Gasteiger partial charge in [-0.25, -0.2) is 4.98 Å². The van der Waals surface area contributed by atoms with E-state index in [1.807, 2.05) is 13.8 Å². The highest BCUT2D eigenvalue weighted by atomic mass is 16.1. The fraction of sp³-hybridized carbons (Fsp3) is 0.556. The van der Waals surface area contributed by atoms with Crippen molar-refractivity contribution in [3.05, 3.63) is 12.4 Å². The van der Waals surface area contributed by atoms with E-state index >= 15 is 0 Å². The molecule has 78 valence electrons. The normalized spacial score (nSPS) is 12.9. The van der Waals surface area contributed by atoms with Crippen molar-refractivity contribution in [3.63, 3.8) is 0 Å². The largest absolute Gasteiger partial charge is 0.331 e. The van der Waals surface area contributed by atoms with E-state index < -0.39 is 0 Å². The third-order valence-corrected chi connectivity index (χ3v) is 2.03. The predicted molar refractivity (Wildman–Crippen MR) is 54.6 cm³/mol. The highest BCUT2D eigenvalue weighted by molar-refractivity contribution is 5.89. The Kier molecular flexibility index (Phi) is 3.64. The quantitative estimate of drug-likeness (QED) is 0.663. The Morgan fingerprint density at radius 1 is 1.71 bits per heavy atom. The molecule has 0 spiro atoms. The molecule has 0 aliphatic carbocycles. The van der Waals surface area contributed by atoms with Gasteiger partial charge in [0.1, 0.15) is 0 Å². The average molecular weight is 196 g/mol. The third kappa shape index (κ3) is 3.18. The van der Waals surface area contributed by atoms with Gasteiger partial charge in [-0.1, -0.05) is 13.8 Å². The number of carbonyl (C=O) groups excluding carboxylic acids is 1. The molecule has 1 rings (SSSR count). The Morgan fingerprint density at radius 3 is 2.93 bits per heavy atom. The maximum atomic E-state index is 11.4. The van der Waals surface area contributed by atoms with Crippen LogP contribution in [0.15, 0.2) is 12.4 Å². The average Bonchev–Trinajstić information content (AvgIpc) is 2.56. The first-order chi connectivity index (χ1) is 6.59. The minimum Gasteiger partial charge on any atom is -0.331 e. The number of anilines is 1. The van der Waals surface area contributed by atoms with Gasteiger partial charge >= 0.3 is 0 Å². The van der Waals surface area contributed by atoms with Crippen LogP contribution in [0.25, 0.3) is 0 Å². The first-order valence-corrected chi connectivity index (χ1v) is 4.64. The van der Waals surface area contributed by atoms with E-state index in [4.69, 9.17) is 5.73 Å². The topological polar surface area (TPSA) is 83.8 Å². The standard InChI is InChI=1S/C9H16N4O/c1-6(2)7(10)5-8(14)13-9-11-3-4-12-9/h3-4,6-7H,5,10H2,1-2H3,(H2,11,12,13,14). The molecular formula is C9H16N4O. The number of imidazole rings is 1. The minimum atomic E-state index is -0.110. The van der Waals surface area contributed by atoms with Crippen LogP contribution in [-0.4, -0.2) is 21.9 Å². The molecule has 5 nitrogen and oxygen atoms in total. The van der Waals surface area contributed by atoms with Crippen LogP contribution >= 0.6 is 0 Å². The van der Waals surface area contributed by atoms with Crippen molar-refractivity contribution in [1.29, 1.82) is 0 Å². The summed E-state index contributed by atoms with van der Waals surface area (Å²) in [5, 5.41) is 2.62. The number of nitrogens with zero attached hydrogens (tertiary/aromatic N) is 1. The maximum absolute atomic E-state index is 11.4. The van der Waals surface area contributed by atoms with Gasteiger partial charge in [0.2, 0.25) is 11.9 Å². The zero-order valence-corrected chi connectivity index (χ0v) is 8.45. The van der Waals surface area contributed by atoms with E-state index in [2.05, 4.69) is 15.3 Å². The highest BCUT2D eigenvalue weighted by Gasteiger charge is 2.13. The molecule has 0 fully saturated rings. The molecule has 14 heavy (non-hydrogen) atoms. The van der Waals surface area contributed by atoms with Crippen LogP contribution in [0.5, 0.6) is 0 Å². The summed E-state index contributed by atoms with van der Waals surface area (Å²) >= 11 is 0. The van der Waals surface area contributed by atoms with Gasteiger partial charge in [-0.05, 0) is 5.92 Å². The lowest BCUT2D eigenvalue weighted by Crippen LogP contribution is -2.31. The number of H-pyrrole nitrogens is 1. The number of hydrogen-bond donors (Lipinski definition) is 3. The lowest BCUT2D eigenvalue weighted by atomic mass is 10.0. The molecule has 0 radical (unpaired) electrons. The van der Waals surface area contributed by atoms with Crippen LogP contribution in [0.1, 0.15) is 20.3 Å². The molecular weight excluding hydrogens is 180 g/mol. The van der Waals surface area contributed by atoms with Crippen molar-refractivity contribution in [2.75, 3.05) is 5.32 Å². The van der Waals surface area contributed by atoms with E-state index in [-0.39, 0.29) is 11.9 Å². The molecule has 1 aromatic heterocycles. The number of aromatic nitrogens is 2. The molecule has 0 saturated carbocycles. The van der Waals surface area contributed by atoms with Crippen LogP contribution in [0.3, 0.4) is 0 Å². The lowest BCUT2D eigenvalue weighted by Gasteiger charge is -2.14. The van der Waals surface area contributed by atoms with Crippen LogP contribution in [-0.2, 0) is 4.79 Å². The van der Waals surface area contributed by atoms with Gasteiger partial charge in [-0.2, -0.15) is 0 Å². The Bertz CT molecular complexity index is 281. The molecule has 0 aromatic carbocycles. The monoisotopic (exact) mass is 196 g/mol. The van der Waals surface area contributed by atoms with E-state index in [0.29, 0.717) is 18.3 Å². The number of nitrogens with one attached hydrogen (secondary N) is 2. The Labute approximate surface area is 83.1 Å². The summed E-state index contributed by atoms with van der Waals surface area (Å²) in [6.45, 7) is 3.98. The lowest BCUT2D eigenvalue weighted by molar-refractivity contribution is -0.116. The zero-order valence-electron chi connectivity index (χ0n) is 8.45. The van der Waals surface area contributed by atoms with Crippen molar-refractivity contribution in [3.8, 4) is 0 Å². The fourth-order valence-corrected chi connectivity index (χ4v) is 0.967. The van der Waals surface area contributed by atoms with Gasteiger partial charge in [0.05, 0.1) is 0 Å². The smallest absolute Gasteiger partial charge is 0.228 e. The minimum absolute atomic E-state index is 0.107. The number of amides is 1. The van der Waals surface area contributed by atoms with Crippen molar-refractivity contribution in [1.82, 2.24) is 9.97 Å². The molecule has 0 saturated heterocycles. The third-order valence-electron chi connectivity index (χ3n) is 2.03. The number of hydrogen-bond acceptors (Lipinski definition) is 3. The molecule has 0 aliphatic rings. The van der Waals surface area contributed by atoms with Crippen molar-refractivity contribution in [2.45, 2.75) is 26.3 Å². The Hall–Kier alpha value is -1.36. The first-order valence-electron chi connectivity index (χ1n) is 4.64. The van der Waals surface area contributed by atoms with Crippen LogP contribution in [0, 0.1) is 5.92 Å². The SMILES string of the molecule is CC(C)C(N)CC(=O)Nc1ncc[nH]1. The second-order valence-corrected chi connectivity index (χ2v) is 3.60. The number of carbonyl (C=O) groups is 1. The number of nitrogens with two attached hydrogens (primary N) is 1. The summed E-state index contributed by atoms with van der Waals surface area (Å²) in [4.78, 5) is 18.0. The zero-order chi connectivity index (χ0) is 10.6. The van der Waals surface area contributed by atoms with Gasteiger partial charge in [-0.15, -0.1) is 0 Å². The number of rotatable bonds is 4. The summed E-state index contributed by atoms with van der Waals surface area (Å²) in [5.74, 6) is 0.657. The van der Waals surface area contributed by atoms with E-state index in [1.165, 1.54) is 0 Å². The molecule has 1 aromatic rings. The van der Waals surface area contributed by atoms with Gasteiger partial charge in [-0.3, -0.25) is 10.1 Å². The molecule has 0 aliphatic heterocycles. The van der Waals surface area contributed by atoms with E-state index in [0.717, 1.165) is 0 Å². The van der Waals surface area contributed by atoms with Crippen LogP contribution < -0.4 is 11.1 Å². The Balaban J connectivity index is 2.36. The van der Waals surface area contributed by atoms with Crippen LogP contribution in [0.4, 0.5) is 5.95 Å². The summed E-state index contributed by atoms with van der Waals surface area (Å²) < 4.78 is 0. The van der Waals surface area contributed by atoms with Crippen LogP contribution in [0.2, 0.25) is 0 Å². The van der Waals surface area contributed by atoms with Crippen molar-refractivity contribution < 1.29 is 4.79 Å². The molecule has 5 heteroatoms. The highest BCUT2D eigenvalue weighted by Crippen LogP contribution is 2.04. The maximum Gasteiger partial charge on any atom is 0.228 e. The molecule has 1 amide bonds. The molecule has 4 N–H and O–H groups in total. The second-order valence-electron chi connectivity index (χ2n) is 3.60. The van der Waals surface area contributed by atoms with E-state index in [1.54, 1.807) is 12.4 Å². The number of aromatic amines is 1. The molecule has 1 atom stereocenters. The summed E-state index contributed by atoms with van der Waals surface area (Å²) in [6, 6.07) is -0.107. The molecule has 0 bridgehead atoms. The van der Waals surface area contributed by atoms with Gasteiger partial charge in [0.25, 0.3) is 0 Å². The van der Waals surface area contributed by atoms with Crippen molar-refractivity contribution >= 4 is 11.9 Å². The molecule has 1 heterocycles. The summed E-state index contributed by atoms with van der Waals surface area (Å²) in [5.41, 5.74) is 5.75. The van der Waals surface area contributed by atoms with Crippen molar-refractivity contribution in [2.24, 2.45) is 11.7 Å². The fourth-order valence-electron chi connectivity index (χ4n) is 0.967. The van der Waals surface area contributed by atoms with Gasteiger partial charge in [0.15, 0.2) is 0 Å². The van der Waals surface area contributed by atoms with Gasteiger partial charge in [0, 0.05) is 24.9 Å². The summed E-state index contributed by atoms with van der Waals surface area (Å²) in [6.07, 6.45) is 3.55. The second kappa shape index (κ2) is 4.76. The first kappa shape index (κ1) is 10.7. The van der Waals surface area contributed by atoms with E-state index in [9.17, 15) is 4.79 Å². The predicted octanol–water partition coefficient (Wildman–Crippen LogP) is 0.722.